The predicted octanol–water partition coefficient (Wildman–Crippen LogP) is 3.10. The number of nitriles is 2. The number of benzene rings is 1. The van der Waals surface area contributed by atoms with Gasteiger partial charge in [-0.3, -0.25) is 0 Å². The van der Waals surface area contributed by atoms with E-state index in [4.69, 9.17) is 15.3 Å². The van der Waals surface area contributed by atoms with Gasteiger partial charge in [-0.1, -0.05) is 0 Å². The van der Waals surface area contributed by atoms with Crippen LogP contribution in [-0.2, 0) is 0 Å². The third kappa shape index (κ3) is 3.46. The molecule has 1 N–H and O–H groups in total. The number of anilines is 1. The Morgan fingerprint density at radius 2 is 1.90 bits per heavy atom. The second-order valence-electron chi connectivity index (χ2n) is 4.45. The summed E-state index contributed by atoms with van der Waals surface area (Å²) in [7, 11) is 0. The maximum atomic E-state index is 13.7. The Labute approximate surface area is 114 Å². The maximum Gasteiger partial charge on any atom is 0.190 e. The highest BCUT2D eigenvalue weighted by atomic mass is 19.1. The zero-order valence-corrected chi connectivity index (χ0v) is 10.5. The number of ether oxygens (including phenoxy) is 1. The van der Waals surface area contributed by atoms with Gasteiger partial charge in [0.15, 0.2) is 17.4 Å². The zero-order chi connectivity index (χ0) is 14.5. The van der Waals surface area contributed by atoms with Crippen molar-refractivity contribution in [2.75, 3.05) is 11.9 Å². The molecule has 2 rings (SSSR count). The van der Waals surface area contributed by atoms with Gasteiger partial charge < -0.3 is 10.1 Å². The van der Waals surface area contributed by atoms with Crippen LogP contribution in [0.3, 0.4) is 0 Å². The maximum absolute atomic E-state index is 13.7. The predicted molar refractivity (Wildman–Crippen MR) is 67.5 cm³/mol. The van der Waals surface area contributed by atoms with Crippen LogP contribution in [0, 0.1) is 40.2 Å². The molecule has 1 aromatic carbocycles. The van der Waals surface area contributed by atoms with Crippen LogP contribution in [0.4, 0.5) is 14.5 Å². The minimum atomic E-state index is -0.822. The van der Waals surface area contributed by atoms with E-state index in [1.54, 1.807) is 12.1 Å². The van der Waals surface area contributed by atoms with Crippen molar-refractivity contribution >= 4 is 5.69 Å². The first kappa shape index (κ1) is 13.8. The van der Waals surface area contributed by atoms with Crippen LogP contribution in [0.1, 0.15) is 12.8 Å². The van der Waals surface area contributed by atoms with Crippen molar-refractivity contribution in [2.24, 2.45) is 5.92 Å². The van der Waals surface area contributed by atoms with E-state index in [-0.39, 0.29) is 11.3 Å². The Bertz CT molecular complexity index is 585. The Hall–Kier alpha value is -2.60. The Balaban J connectivity index is 2.11. The number of allylic oxidation sites excluding steroid dienone is 1. The summed E-state index contributed by atoms with van der Waals surface area (Å²) < 4.78 is 32.5. The van der Waals surface area contributed by atoms with Gasteiger partial charge in [-0.05, 0) is 18.8 Å². The normalized spacial score (nSPS) is 13.0. The van der Waals surface area contributed by atoms with Gasteiger partial charge in [-0.25, -0.2) is 8.78 Å². The van der Waals surface area contributed by atoms with Crippen molar-refractivity contribution in [1.82, 2.24) is 0 Å². The van der Waals surface area contributed by atoms with Gasteiger partial charge in [0.05, 0.1) is 6.61 Å². The van der Waals surface area contributed by atoms with Crippen molar-refractivity contribution in [3.05, 3.63) is 35.5 Å². The number of nitrogens with zero attached hydrogens (tertiary/aromatic N) is 2. The number of halogens is 2. The molecule has 1 aromatic rings. The van der Waals surface area contributed by atoms with Crippen LogP contribution in [0.25, 0.3) is 0 Å². The summed E-state index contributed by atoms with van der Waals surface area (Å²) in [5.74, 6) is -1.65. The van der Waals surface area contributed by atoms with Crippen molar-refractivity contribution < 1.29 is 13.5 Å². The van der Waals surface area contributed by atoms with E-state index >= 15 is 0 Å². The molecule has 0 aromatic heterocycles. The molecule has 1 aliphatic rings. The summed E-state index contributed by atoms with van der Waals surface area (Å²) in [4.78, 5) is 0. The van der Waals surface area contributed by atoms with Crippen LogP contribution in [-0.4, -0.2) is 6.61 Å². The SMILES string of the molecule is N#CC(C#N)=CNc1cc(F)c(OCC2CC2)c(F)c1. The van der Waals surface area contributed by atoms with E-state index in [1.165, 1.54) is 0 Å². The largest absolute Gasteiger partial charge is 0.487 e. The Morgan fingerprint density at radius 3 is 2.40 bits per heavy atom. The van der Waals surface area contributed by atoms with Crippen LogP contribution in [0.15, 0.2) is 23.9 Å². The summed E-state index contributed by atoms with van der Waals surface area (Å²) in [5.41, 5.74) is -0.0957. The van der Waals surface area contributed by atoms with Crippen LogP contribution in [0.5, 0.6) is 5.75 Å². The summed E-state index contributed by atoms with van der Waals surface area (Å²) in [6.07, 6.45) is 3.14. The molecule has 0 heterocycles. The van der Waals surface area contributed by atoms with E-state index in [9.17, 15) is 8.78 Å². The first-order valence-electron chi connectivity index (χ1n) is 6.02. The second kappa shape index (κ2) is 6.03. The summed E-state index contributed by atoms with van der Waals surface area (Å²) in [6.45, 7) is 0.313. The molecule has 0 bridgehead atoms. The van der Waals surface area contributed by atoms with Gasteiger partial charge in [0.25, 0.3) is 0 Å². The van der Waals surface area contributed by atoms with Crippen molar-refractivity contribution in [1.29, 1.82) is 10.5 Å². The number of hydrogen-bond donors (Lipinski definition) is 1. The molecule has 0 unspecified atom stereocenters. The lowest BCUT2D eigenvalue weighted by molar-refractivity contribution is 0.270. The summed E-state index contributed by atoms with van der Waals surface area (Å²) in [6, 6.07) is 5.35. The molecule has 0 spiro atoms. The molecule has 6 heteroatoms. The Morgan fingerprint density at radius 1 is 1.30 bits per heavy atom. The quantitative estimate of drug-likeness (QED) is 0.838. The number of rotatable bonds is 5. The third-order valence-electron chi connectivity index (χ3n) is 2.78. The van der Waals surface area contributed by atoms with Gasteiger partial charge in [-0.15, -0.1) is 0 Å². The van der Waals surface area contributed by atoms with Crippen LogP contribution < -0.4 is 10.1 Å². The standard InChI is InChI=1S/C14H11F2N3O/c15-12-3-11(19-7-10(5-17)6-18)4-13(16)14(12)20-8-9-1-2-9/h3-4,7,9,19H,1-2,8H2. The molecular weight excluding hydrogens is 264 g/mol. The average Bonchev–Trinajstić information content (AvgIpc) is 3.23. The van der Waals surface area contributed by atoms with Crippen LogP contribution in [0.2, 0.25) is 0 Å². The third-order valence-corrected chi connectivity index (χ3v) is 2.78. The molecule has 0 aliphatic heterocycles. The summed E-state index contributed by atoms with van der Waals surface area (Å²) in [5, 5.41) is 19.6. The number of nitrogens with one attached hydrogen (secondary N) is 1. The van der Waals surface area contributed by atoms with Crippen LogP contribution >= 0.6 is 0 Å². The molecule has 1 fully saturated rings. The topological polar surface area (TPSA) is 68.8 Å². The minimum Gasteiger partial charge on any atom is -0.487 e. The van der Waals surface area contributed by atoms with Crippen molar-refractivity contribution in [3.63, 3.8) is 0 Å². The lowest BCUT2D eigenvalue weighted by Crippen LogP contribution is -2.04. The Kier molecular flexibility index (Phi) is 4.17. The van der Waals surface area contributed by atoms with Gasteiger partial charge in [0, 0.05) is 24.0 Å². The molecule has 4 nitrogen and oxygen atoms in total. The zero-order valence-electron chi connectivity index (χ0n) is 10.5. The lowest BCUT2D eigenvalue weighted by Gasteiger charge is -2.09. The molecule has 0 amide bonds. The molecule has 20 heavy (non-hydrogen) atoms. The van der Waals surface area contributed by atoms with Crippen molar-refractivity contribution in [3.8, 4) is 17.9 Å². The van der Waals surface area contributed by atoms with Gasteiger partial charge in [-0.2, -0.15) is 10.5 Å². The summed E-state index contributed by atoms with van der Waals surface area (Å²) >= 11 is 0. The first-order chi connectivity index (χ1) is 9.63. The second-order valence-corrected chi connectivity index (χ2v) is 4.45. The van der Waals surface area contributed by atoms with E-state index in [2.05, 4.69) is 5.32 Å². The molecule has 0 saturated heterocycles. The fraction of sp³-hybridized carbons (Fsp3) is 0.286. The van der Waals surface area contributed by atoms with Crippen molar-refractivity contribution in [2.45, 2.75) is 12.8 Å². The molecular formula is C14H11F2N3O. The lowest BCUT2D eigenvalue weighted by atomic mass is 10.2. The first-order valence-corrected chi connectivity index (χ1v) is 6.02. The van der Waals surface area contributed by atoms with E-state index in [1.807, 2.05) is 0 Å². The number of hydrogen-bond acceptors (Lipinski definition) is 4. The molecule has 1 aliphatic carbocycles. The van der Waals surface area contributed by atoms with E-state index in [0.29, 0.717) is 12.5 Å². The van der Waals surface area contributed by atoms with Gasteiger partial charge in [0.1, 0.15) is 17.7 Å². The molecule has 0 radical (unpaired) electrons. The molecule has 1 saturated carbocycles. The smallest absolute Gasteiger partial charge is 0.190 e. The average molecular weight is 275 g/mol. The highest BCUT2D eigenvalue weighted by Crippen LogP contribution is 2.32. The van der Waals surface area contributed by atoms with E-state index < -0.39 is 17.4 Å². The fourth-order valence-electron chi connectivity index (χ4n) is 1.51. The molecule has 0 atom stereocenters. The highest BCUT2D eigenvalue weighted by molar-refractivity contribution is 5.52. The fourth-order valence-corrected chi connectivity index (χ4v) is 1.51. The van der Waals surface area contributed by atoms with Gasteiger partial charge >= 0.3 is 0 Å². The van der Waals surface area contributed by atoms with E-state index in [0.717, 1.165) is 31.2 Å². The minimum absolute atomic E-state index is 0.0989. The monoisotopic (exact) mass is 275 g/mol. The van der Waals surface area contributed by atoms with Gasteiger partial charge in [0.2, 0.25) is 0 Å². The molecule has 102 valence electrons. The highest BCUT2D eigenvalue weighted by Gasteiger charge is 2.23.